The number of para-hydroxylation sites is 1. The quantitative estimate of drug-likeness (QED) is 0.531. The molecule has 3 amide bonds. The highest BCUT2D eigenvalue weighted by atomic mass is 35.5. The Balaban J connectivity index is 2.33. The van der Waals surface area contributed by atoms with Crippen LogP contribution in [0.1, 0.15) is 57.4 Å². The Hall–Kier alpha value is -3.06. The van der Waals surface area contributed by atoms with Gasteiger partial charge in [-0.2, -0.15) is 0 Å². The van der Waals surface area contributed by atoms with E-state index in [9.17, 15) is 14.4 Å². The average Bonchev–Trinajstić information content (AvgIpc) is 2.77. The summed E-state index contributed by atoms with van der Waals surface area (Å²) in [6, 6.07) is 12.0. The molecule has 0 saturated carbocycles. The number of anilines is 1. The number of amides is 3. The van der Waals surface area contributed by atoms with Crippen molar-refractivity contribution in [1.82, 2.24) is 10.2 Å². The van der Waals surface area contributed by atoms with E-state index in [1.165, 1.54) is 4.90 Å². The first-order valence-electron chi connectivity index (χ1n) is 11.4. The Morgan fingerprint density at radius 2 is 1.71 bits per heavy atom. The van der Waals surface area contributed by atoms with E-state index >= 15 is 0 Å². The fourth-order valence-corrected chi connectivity index (χ4v) is 3.73. The molecule has 1 unspecified atom stereocenters. The summed E-state index contributed by atoms with van der Waals surface area (Å²) in [6.07, 6.45) is 0.156. The second-order valence-electron chi connectivity index (χ2n) is 8.95. The topological polar surface area (TPSA) is 87.7 Å². The molecule has 7 nitrogen and oxygen atoms in total. The van der Waals surface area contributed by atoms with Gasteiger partial charge in [-0.05, 0) is 63.8 Å². The summed E-state index contributed by atoms with van der Waals surface area (Å²) in [5.74, 6) is -0.808. The maximum absolute atomic E-state index is 13.5. The van der Waals surface area contributed by atoms with Gasteiger partial charge in [-0.15, -0.1) is 0 Å². The van der Waals surface area contributed by atoms with Gasteiger partial charge in [-0.3, -0.25) is 9.59 Å². The van der Waals surface area contributed by atoms with Gasteiger partial charge in [0.1, 0.15) is 18.2 Å². The first kappa shape index (κ1) is 27.2. The fourth-order valence-electron chi connectivity index (χ4n) is 3.46. The minimum atomic E-state index is -0.917. The average molecular weight is 488 g/mol. The van der Waals surface area contributed by atoms with Gasteiger partial charge in [-0.1, -0.05) is 54.9 Å². The highest BCUT2D eigenvalue weighted by Crippen LogP contribution is 2.29. The van der Waals surface area contributed by atoms with Gasteiger partial charge >= 0.3 is 6.09 Å². The van der Waals surface area contributed by atoms with Gasteiger partial charge < -0.3 is 20.3 Å². The Morgan fingerprint density at radius 1 is 1.06 bits per heavy atom. The molecule has 0 aliphatic rings. The number of carbonyl (C=O) groups excluding carboxylic acids is 3. The SMILES string of the molecule is CCc1ccc(C(C(=O)Nc2c(C)cccc2Cl)N(CC)C(=O)CNC(=O)OC(C)(C)C)cc1. The molecule has 0 saturated heterocycles. The lowest BCUT2D eigenvalue weighted by Crippen LogP contribution is -2.46. The number of hydrogen-bond donors (Lipinski definition) is 2. The van der Waals surface area contributed by atoms with E-state index in [2.05, 4.69) is 10.6 Å². The normalized spacial score (nSPS) is 12.0. The molecule has 0 aliphatic carbocycles. The minimum absolute atomic E-state index is 0.254. The third-order valence-corrected chi connectivity index (χ3v) is 5.49. The lowest BCUT2D eigenvalue weighted by atomic mass is 10.0. The van der Waals surface area contributed by atoms with Gasteiger partial charge in [-0.25, -0.2) is 4.79 Å². The molecule has 0 aliphatic heterocycles. The monoisotopic (exact) mass is 487 g/mol. The number of aryl methyl sites for hydroxylation is 2. The van der Waals surface area contributed by atoms with Crippen LogP contribution in [0.4, 0.5) is 10.5 Å². The first-order valence-corrected chi connectivity index (χ1v) is 11.8. The second kappa shape index (κ2) is 11.9. The van der Waals surface area contributed by atoms with Gasteiger partial charge in [0.2, 0.25) is 5.91 Å². The van der Waals surface area contributed by atoms with Crippen LogP contribution in [0.25, 0.3) is 0 Å². The standard InChI is InChI=1S/C26H34ClN3O4/c1-7-18-12-14-19(15-13-18)23(24(32)29-22-17(3)10-9-11-20(22)27)30(8-2)21(31)16-28-25(33)34-26(4,5)6/h9-15,23H,7-8,16H2,1-6H3,(H,28,33)(H,29,32). The third kappa shape index (κ3) is 7.48. The summed E-state index contributed by atoms with van der Waals surface area (Å²) in [6.45, 7) is 10.8. The molecule has 0 radical (unpaired) electrons. The number of carbonyl (C=O) groups is 3. The molecule has 2 aromatic rings. The highest BCUT2D eigenvalue weighted by molar-refractivity contribution is 6.34. The molecule has 2 rings (SSSR count). The van der Waals surface area contributed by atoms with Gasteiger partial charge in [0, 0.05) is 6.54 Å². The van der Waals surface area contributed by atoms with E-state index in [0.717, 1.165) is 17.5 Å². The number of benzene rings is 2. The van der Waals surface area contributed by atoms with Crippen LogP contribution in [0.5, 0.6) is 0 Å². The molecule has 1 atom stereocenters. The van der Waals surface area contributed by atoms with Crippen molar-refractivity contribution in [2.75, 3.05) is 18.4 Å². The number of nitrogens with one attached hydrogen (secondary N) is 2. The summed E-state index contributed by atoms with van der Waals surface area (Å²) in [7, 11) is 0. The predicted molar refractivity (Wildman–Crippen MR) is 135 cm³/mol. The van der Waals surface area contributed by atoms with Crippen LogP contribution >= 0.6 is 11.6 Å². The van der Waals surface area contributed by atoms with E-state index in [1.54, 1.807) is 39.8 Å². The Labute approximate surface area is 206 Å². The van der Waals surface area contributed by atoms with Gasteiger partial charge in [0.05, 0.1) is 10.7 Å². The van der Waals surface area contributed by atoms with Crippen LogP contribution < -0.4 is 10.6 Å². The maximum Gasteiger partial charge on any atom is 0.408 e. The Morgan fingerprint density at radius 3 is 2.24 bits per heavy atom. The number of rotatable bonds is 8. The van der Waals surface area contributed by atoms with Crippen molar-refractivity contribution in [2.45, 2.75) is 59.6 Å². The number of halogens is 1. The maximum atomic E-state index is 13.5. The smallest absolute Gasteiger partial charge is 0.408 e. The van der Waals surface area contributed by atoms with Crippen LogP contribution in [0.3, 0.4) is 0 Å². The van der Waals surface area contributed by atoms with Crippen LogP contribution in [0.2, 0.25) is 5.02 Å². The number of hydrogen-bond acceptors (Lipinski definition) is 4. The van der Waals surface area contributed by atoms with Crippen molar-refractivity contribution in [2.24, 2.45) is 0 Å². The molecule has 0 spiro atoms. The summed E-state index contributed by atoms with van der Waals surface area (Å²) in [4.78, 5) is 40.1. The van der Waals surface area contributed by atoms with E-state index in [0.29, 0.717) is 16.3 Å². The van der Waals surface area contributed by atoms with E-state index in [1.807, 2.05) is 44.2 Å². The van der Waals surface area contributed by atoms with Crippen molar-refractivity contribution >= 4 is 35.2 Å². The van der Waals surface area contributed by atoms with Crippen LogP contribution in [0, 0.1) is 6.92 Å². The zero-order valence-electron chi connectivity index (χ0n) is 20.7. The van der Waals surface area contributed by atoms with E-state index in [4.69, 9.17) is 16.3 Å². The van der Waals surface area contributed by atoms with Gasteiger partial charge in [0.25, 0.3) is 5.91 Å². The molecular weight excluding hydrogens is 454 g/mol. The number of ether oxygens (including phenoxy) is 1. The molecule has 0 bridgehead atoms. The van der Waals surface area contributed by atoms with Gasteiger partial charge in [0.15, 0.2) is 0 Å². The molecule has 34 heavy (non-hydrogen) atoms. The molecule has 184 valence electrons. The fraction of sp³-hybridized carbons (Fsp3) is 0.423. The summed E-state index contributed by atoms with van der Waals surface area (Å²) in [5, 5.41) is 5.79. The number of likely N-dealkylation sites (N-methyl/N-ethyl adjacent to an activating group) is 1. The number of nitrogens with zero attached hydrogens (tertiary/aromatic N) is 1. The van der Waals surface area contributed by atoms with E-state index < -0.39 is 29.6 Å². The third-order valence-electron chi connectivity index (χ3n) is 5.18. The van der Waals surface area contributed by atoms with Crippen molar-refractivity contribution in [3.8, 4) is 0 Å². The predicted octanol–water partition coefficient (Wildman–Crippen LogP) is 5.26. The van der Waals surface area contributed by atoms with Crippen LogP contribution in [-0.2, 0) is 20.7 Å². The summed E-state index contributed by atoms with van der Waals surface area (Å²) < 4.78 is 5.21. The van der Waals surface area contributed by atoms with Crippen molar-refractivity contribution in [1.29, 1.82) is 0 Å². The Kier molecular flexibility index (Phi) is 9.50. The largest absolute Gasteiger partial charge is 0.444 e. The molecule has 0 aromatic heterocycles. The molecule has 0 fully saturated rings. The van der Waals surface area contributed by atoms with Crippen molar-refractivity contribution in [3.05, 3.63) is 64.2 Å². The highest BCUT2D eigenvalue weighted by Gasteiger charge is 2.31. The van der Waals surface area contributed by atoms with E-state index in [-0.39, 0.29) is 13.1 Å². The Bertz CT molecular complexity index is 995. The lowest BCUT2D eigenvalue weighted by Gasteiger charge is -2.31. The zero-order chi connectivity index (χ0) is 25.5. The number of alkyl carbamates (subject to hydrolysis) is 1. The first-order chi connectivity index (χ1) is 16.0. The second-order valence-corrected chi connectivity index (χ2v) is 9.36. The molecule has 8 heteroatoms. The lowest BCUT2D eigenvalue weighted by molar-refractivity contribution is -0.138. The molecular formula is C26H34ClN3O4. The van der Waals surface area contributed by atoms with Crippen molar-refractivity contribution in [3.63, 3.8) is 0 Å². The molecule has 0 heterocycles. The molecule has 2 aromatic carbocycles. The summed E-state index contributed by atoms with van der Waals surface area (Å²) in [5.41, 5.74) is 2.40. The van der Waals surface area contributed by atoms with Crippen LogP contribution in [0.15, 0.2) is 42.5 Å². The molecule has 2 N–H and O–H groups in total. The van der Waals surface area contributed by atoms with Crippen LogP contribution in [-0.4, -0.2) is 41.5 Å². The van der Waals surface area contributed by atoms with Crippen molar-refractivity contribution < 1.29 is 19.1 Å². The zero-order valence-corrected chi connectivity index (χ0v) is 21.5. The summed E-state index contributed by atoms with van der Waals surface area (Å²) >= 11 is 6.32. The minimum Gasteiger partial charge on any atom is -0.444 e.